The fourth-order valence-corrected chi connectivity index (χ4v) is 3.66. The van der Waals surface area contributed by atoms with Crippen molar-refractivity contribution in [3.63, 3.8) is 0 Å². The zero-order chi connectivity index (χ0) is 16.4. The number of hydrogen-bond acceptors (Lipinski definition) is 3. The second-order valence-corrected chi connectivity index (χ2v) is 6.67. The second-order valence-electron chi connectivity index (χ2n) is 6.67. The molecule has 2 heterocycles. The molecule has 1 unspecified atom stereocenters. The van der Waals surface area contributed by atoms with Gasteiger partial charge in [0.05, 0.1) is 6.04 Å². The zero-order valence-corrected chi connectivity index (χ0v) is 13.7. The number of nitrogens with zero attached hydrogens (tertiary/aromatic N) is 2. The number of benzene rings is 1. The highest BCUT2D eigenvalue weighted by molar-refractivity contribution is 5.80. The van der Waals surface area contributed by atoms with Crippen LogP contribution >= 0.6 is 0 Å². The Morgan fingerprint density at radius 2 is 1.78 bits per heavy atom. The number of carbonyl (C=O) groups excluding carboxylic acids is 2. The van der Waals surface area contributed by atoms with Gasteiger partial charge in [-0.25, -0.2) is 0 Å². The van der Waals surface area contributed by atoms with Gasteiger partial charge in [-0.2, -0.15) is 0 Å². The summed E-state index contributed by atoms with van der Waals surface area (Å²) in [4.78, 5) is 28.2. The SMILES string of the molecule is CC(C(N)=O)N1CCC(C(=O)N2CCc3ccccc3C2)CC1. The Hall–Kier alpha value is -1.88. The molecule has 0 bridgehead atoms. The largest absolute Gasteiger partial charge is 0.368 e. The minimum atomic E-state index is -0.289. The van der Waals surface area contributed by atoms with Crippen molar-refractivity contribution in [3.05, 3.63) is 35.4 Å². The van der Waals surface area contributed by atoms with Crippen molar-refractivity contribution in [3.8, 4) is 0 Å². The van der Waals surface area contributed by atoms with Crippen LogP contribution in [-0.4, -0.2) is 47.3 Å². The summed E-state index contributed by atoms with van der Waals surface area (Å²) in [5.41, 5.74) is 8.00. The summed E-state index contributed by atoms with van der Waals surface area (Å²) in [6.45, 7) is 4.92. The molecule has 0 aliphatic carbocycles. The van der Waals surface area contributed by atoms with Crippen LogP contribution in [0, 0.1) is 5.92 Å². The summed E-state index contributed by atoms with van der Waals surface area (Å²) in [5.74, 6) is 0.0601. The summed E-state index contributed by atoms with van der Waals surface area (Å²) >= 11 is 0. The molecular weight excluding hydrogens is 290 g/mol. The van der Waals surface area contributed by atoms with Crippen molar-refractivity contribution in [2.45, 2.75) is 38.8 Å². The molecule has 0 aromatic heterocycles. The summed E-state index contributed by atoms with van der Waals surface area (Å²) < 4.78 is 0. The molecule has 23 heavy (non-hydrogen) atoms. The number of hydrogen-bond donors (Lipinski definition) is 1. The van der Waals surface area contributed by atoms with E-state index in [-0.39, 0.29) is 23.8 Å². The van der Waals surface area contributed by atoms with Gasteiger partial charge >= 0.3 is 0 Å². The molecule has 2 aliphatic heterocycles. The number of nitrogens with two attached hydrogens (primary N) is 1. The highest BCUT2D eigenvalue weighted by atomic mass is 16.2. The van der Waals surface area contributed by atoms with Crippen LogP contribution in [-0.2, 0) is 22.6 Å². The van der Waals surface area contributed by atoms with E-state index in [0.29, 0.717) is 0 Å². The molecule has 3 rings (SSSR count). The van der Waals surface area contributed by atoms with E-state index in [0.717, 1.165) is 45.4 Å². The standard InChI is InChI=1S/C18H25N3O2/c1-13(17(19)22)20-9-7-15(8-10-20)18(23)21-11-6-14-4-2-3-5-16(14)12-21/h2-5,13,15H,6-12H2,1H3,(H2,19,22). The molecule has 1 fully saturated rings. The molecule has 2 aliphatic rings. The van der Waals surface area contributed by atoms with Gasteiger partial charge in [0.25, 0.3) is 0 Å². The Bertz CT molecular complexity index is 594. The fraction of sp³-hybridized carbons (Fsp3) is 0.556. The first-order chi connectivity index (χ1) is 11.1. The van der Waals surface area contributed by atoms with E-state index in [2.05, 4.69) is 23.1 Å². The van der Waals surface area contributed by atoms with Crippen LogP contribution in [0.4, 0.5) is 0 Å². The summed E-state index contributed by atoms with van der Waals surface area (Å²) in [6.07, 6.45) is 2.57. The van der Waals surface area contributed by atoms with Gasteiger partial charge < -0.3 is 10.6 Å². The quantitative estimate of drug-likeness (QED) is 0.910. The van der Waals surface area contributed by atoms with Gasteiger partial charge in [-0.3, -0.25) is 14.5 Å². The maximum Gasteiger partial charge on any atom is 0.234 e. The molecule has 2 N–H and O–H groups in total. The normalized spacial score (nSPS) is 20.8. The number of rotatable bonds is 3. The fourth-order valence-electron chi connectivity index (χ4n) is 3.66. The van der Waals surface area contributed by atoms with Crippen molar-refractivity contribution in [1.29, 1.82) is 0 Å². The predicted octanol–water partition coefficient (Wildman–Crippen LogP) is 1.16. The molecule has 1 aromatic rings. The number of amides is 2. The van der Waals surface area contributed by atoms with E-state index in [4.69, 9.17) is 5.73 Å². The topological polar surface area (TPSA) is 66.6 Å². The zero-order valence-electron chi connectivity index (χ0n) is 13.7. The van der Waals surface area contributed by atoms with Crippen molar-refractivity contribution in [1.82, 2.24) is 9.80 Å². The van der Waals surface area contributed by atoms with Crippen LogP contribution < -0.4 is 5.73 Å². The molecule has 5 nitrogen and oxygen atoms in total. The minimum Gasteiger partial charge on any atom is -0.368 e. The molecule has 0 spiro atoms. The molecule has 1 saturated heterocycles. The monoisotopic (exact) mass is 315 g/mol. The molecule has 0 saturated carbocycles. The number of primary amides is 1. The van der Waals surface area contributed by atoms with Gasteiger partial charge in [-0.05, 0) is 50.4 Å². The lowest BCUT2D eigenvalue weighted by Gasteiger charge is -2.37. The Balaban J connectivity index is 1.57. The van der Waals surface area contributed by atoms with Crippen LogP contribution in [0.25, 0.3) is 0 Å². The van der Waals surface area contributed by atoms with Crippen LogP contribution in [0.5, 0.6) is 0 Å². The average molecular weight is 315 g/mol. The first-order valence-electron chi connectivity index (χ1n) is 8.45. The van der Waals surface area contributed by atoms with E-state index in [1.165, 1.54) is 11.1 Å². The summed E-state index contributed by atoms with van der Waals surface area (Å²) in [7, 11) is 0. The molecule has 5 heteroatoms. The summed E-state index contributed by atoms with van der Waals surface area (Å²) in [5, 5.41) is 0. The average Bonchev–Trinajstić information content (AvgIpc) is 2.60. The lowest BCUT2D eigenvalue weighted by Crippen LogP contribution is -2.49. The van der Waals surface area contributed by atoms with Crippen molar-refractivity contribution in [2.75, 3.05) is 19.6 Å². The van der Waals surface area contributed by atoms with E-state index in [1.807, 2.05) is 17.9 Å². The highest BCUT2D eigenvalue weighted by Crippen LogP contribution is 2.25. The number of piperidine rings is 1. The van der Waals surface area contributed by atoms with Crippen LogP contribution in [0.3, 0.4) is 0 Å². The Morgan fingerprint density at radius 3 is 2.43 bits per heavy atom. The molecule has 1 atom stereocenters. The molecule has 124 valence electrons. The van der Waals surface area contributed by atoms with Crippen LogP contribution in [0.1, 0.15) is 30.9 Å². The highest BCUT2D eigenvalue weighted by Gasteiger charge is 2.32. The summed E-state index contributed by atoms with van der Waals surface area (Å²) in [6, 6.07) is 8.13. The molecule has 2 amide bonds. The van der Waals surface area contributed by atoms with Gasteiger partial charge in [0.15, 0.2) is 0 Å². The Kier molecular flexibility index (Phi) is 4.66. The number of likely N-dealkylation sites (tertiary alicyclic amines) is 1. The van der Waals surface area contributed by atoms with E-state index in [9.17, 15) is 9.59 Å². The van der Waals surface area contributed by atoms with Gasteiger partial charge in [0, 0.05) is 19.0 Å². The smallest absolute Gasteiger partial charge is 0.234 e. The van der Waals surface area contributed by atoms with Gasteiger partial charge in [-0.15, -0.1) is 0 Å². The lowest BCUT2D eigenvalue weighted by molar-refractivity contribution is -0.138. The van der Waals surface area contributed by atoms with Gasteiger partial charge in [0.2, 0.25) is 11.8 Å². The third kappa shape index (κ3) is 3.39. The van der Waals surface area contributed by atoms with E-state index in [1.54, 1.807) is 0 Å². The number of fused-ring (bicyclic) bond motifs is 1. The molecule has 1 aromatic carbocycles. The predicted molar refractivity (Wildman–Crippen MR) is 88.5 cm³/mol. The van der Waals surface area contributed by atoms with Gasteiger partial charge in [0.1, 0.15) is 0 Å². The van der Waals surface area contributed by atoms with Gasteiger partial charge in [-0.1, -0.05) is 24.3 Å². The molecule has 0 radical (unpaired) electrons. The third-order valence-electron chi connectivity index (χ3n) is 5.28. The van der Waals surface area contributed by atoms with E-state index < -0.39 is 0 Å². The minimum absolute atomic E-state index is 0.0802. The Morgan fingerprint density at radius 1 is 1.13 bits per heavy atom. The number of carbonyl (C=O) groups is 2. The maximum atomic E-state index is 12.8. The Labute approximate surface area is 137 Å². The van der Waals surface area contributed by atoms with Crippen LogP contribution in [0.15, 0.2) is 24.3 Å². The molecular formula is C18H25N3O2. The maximum absolute atomic E-state index is 12.8. The van der Waals surface area contributed by atoms with E-state index >= 15 is 0 Å². The van der Waals surface area contributed by atoms with Crippen molar-refractivity contribution in [2.24, 2.45) is 11.7 Å². The van der Waals surface area contributed by atoms with Crippen molar-refractivity contribution < 1.29 is 9.59 Å². The first kappa shape index (κ1) is 16.0. The lowest BCUT2D eigenvalue weighted by atomic mass is 9.92. The first-order valence-corrected chi connectivity index (χ1v) is 8.45. The third-order valence-corrected chi connectivity index (χ3v) is 5.28. The van der Waals surface area contributed by atoms with Crippen LogP contribution in [0.2, 0.25) is 0 Å². The van der Waals surface area contributed by atoms with Crippen molar-refractivity contribution >= 4 is 11.8 Å². The second kappa shape index (κ2) is 6.71.